The van der Waals surface area contributed by atoms with Crippen molar-refractivity contribution in [2.75, 3.05) is 19.8 Å². The first-order valence-corrected chi connectivity index (χ1v) is 3.33. The van der Waals surface area contributed by atoms with Crippen LogP contribution in [0.3, 0.4) is 0 Å². The predicted octanol–water partition coefficient (Wildman–Crippen LogP) is -0.469. The van der Waals surface area contributed by atoms with Crippen LogP contribution in [0.25, 0.3) is 0 Å². The van der Waals surface area contributed by atoms with Gasteiger partial charge in [-0.3, -0.25) is 0 Å². The minimum Gasteiger partial charge on any atom is -0.393 e. The van der Waals surface area contributed by atoms with Gasteiger partial charge in [0.15, 0.2) is 0 Å². The van der Waals surface area contributed by atoms with E-state index in [1.165, 1.54) is 0 Å². The molecule has 60 valence electrons. The molecule has 2 N–H and O–H groups in total. The molecule has 0 saturated carbocycles. The Balaban J connectivity index is 0.000000500. The number of nitrogens with one attached hydrogen (secondary N) is 1. The highest BCUT2D eigenvalue weighted by Gasteiger charge is 2.45. The lowest BCUT2D eigenvalue weighted by Gasteiger charge is -2.23. The Morgan fingerprint density at radius 3 is 2.70 bits per heavy atom. The maximum Gasteiger partial charge on any atom is 0.105 e. The van der Waals surface area contributed by atoms with E-state index in [9.17, 15) is 0 Å². The second-order valence-corrected chi connectivity index (χ2v) is 2.93. The second-order valence-electron chi connectivity index (χ2n) is 2.93. The molecule has 2 heterocycles. The molecule has 2 bridgehead atoms. The zero-order valence-electron chi connectivity index (χ0n) is 5.67. The Bertz CT molecular complexity index is 123. The number of fused-ring (bicyclic) bond motifs is 2. The fraction of sp³-hybridized carbons (Fsp3) is 1.00. The molecule has 0 radical (unpaired) electrons. The Morgan fingerprint density at radius 1 is 1.70 bits per heavy atom. The van der Waals surface area contributed by atoms with Gasteiger partial charge in [-0.15, -0.1) is 12.4 Å². The summed E-state index contributed by atoms with van der Waals surface area (Å²) in [4.78, 5) is 0. The number of ether oxygens (including phenoxy) is 1. The zero-order chi connectivity index (χ0) is 6.32. The van der Waals surface area contributed by atoms with Crippen molar-refractivity contribution < 1.29 is 9.84 Å². The fourth-order valence-corrected chi connectivity index (χ4v) is 1.60. The van der Waals surface area contributed by atoms with Crippen LogP contribution in [0, 0.1) is 0 Å². The van der Waals surface area contributed by atoms with Gasteiger partial charge < -0.3 is 15.2 Å². The zero-order valence-corrected chi connectivity index (χ0v) is 6.49. The maximum absolute atomic E-state index is 8.88. The van der Waals surface area contributed by atoms with E-state index in [1.807, 2.05) is 0 Å². The summed E-state index contributed by atoms with van der Waals surface area (Å²) in [7, 11) is 0. The van der Waals surface area contributed by atoms with Crippen LogP contribution in [0.2, 0.25) is 0 Å². The quantitative estimate of drug-likeness (QED) is 0.552. The van der Waals surface area contributed by atoms with Gasteiger partial charge >= 0.3 is 0 Å². The van der Waals surface area contributed by atoms with Gasteiger partial charge in [0.25, 0.3) is 0 Å². The third kappa shape index (κ3) is 1.03. The van der Waals surface area contributed by atoms with Crippen LogP contribution < -0.4 is 5.32 Å². The molecular weight excluding hydrogens is 154 g/mol. The Kier molecular flexibility index (Phi) is 2.20. The van der Waals surface area contributed by atoms with E-state index in [-0.39, 0.29) is 24.6 Å². The van der Waals surface area contributed by atoms with Crippen molar-refractivity contribution >= 4 is 12.4 Å². The standard InChI is InChI=1S/C6H11NO2.ClH/c8-4-6-1-5(2-9-6)7-3-6;/h5,7-8H,1-4H2;1H/t5-,6-;/m0./s1. The summed E-state index contributed by atoms with van der Waals surface area (Å²) in [6, 6.07) is 0.511. The molecule has 0 unspecified atom stereocenters. The minimum atomic E-state index is -0.204. The highest BCUT2D eigenvalue weighted by molar-refractivity contribution is 5.85. The minimum absolute atomic E-state index is 0. The van der Waals surface area contributed by atoms with Gasteiger partial charge in [-0.1, -0.05) is 0 Å². The number of aliphatic hydroxyl groups excluding tert-OH is 1. The molecule has 0 aliphatic carbocycles. The first kappa shape index (κ1) is 8.27. The SMILES string of the molecule is Cl.OC[C@]12CN[C@H](CO1)C2. The average Bonchev–Trinajstić information content (AvgIpc) is 2.46. The molecule has 2 aliphatic rings. The highest BCUT2D eigenvalue weighted by Crippen LogP contribution is 2.30. The predicted molar refractivity (Wildman–Crippen MR) is 39.4 cm³/mol. The Labute approximate surface area is 66.2 Å². The van der Waals surface area contributed by atoms with Gasteiger partial charge in [0.2, 0.25) is 0 Å². The van der Waals surface area contributed by atoms with Crippen LogP contribution >= 0.6 is 12.4 Å². The molecular formula is C6H12ClNO2. The molecule has 2 aliphatic heterocycles. The summed E-state index contributed by atoms with van der Waals surface area (Å²) in [6.07, 6.45) is 0.990. The molecule has 0 spiro atoms. The van der Waals surface area contributed by atoms with E-state index >= 15 is 0 Å². The van der Waals surface area contributed by atoms with Crippen molar-refractivity contribution in [2.45, 2.75) is 18.1 Å². The molecule has 0 aromatic heterocycles. The summed E-state index contributed by atoms with van der Waals surface area (Å²) in [6.45, 7) is 1.77. The number of rotatable bonds is 1. The summed E-state index contributed by atoms with van der Waals surface area (Å²) >= 11 is 0. The van der Waals surface area contributed by atoms with E-state index < -0.39 is 0 Å². The molecule has 2 saturated heterocycles. The molecule has 10 heavy (non-hydrogen) atoms. The van der Waals surface area contributed by atoms with Crippen molar-refractivity contribution in [3.63, 3.8) is 0 Å². The molecule has 0 amide bonds. The van der Waals surface area contributed by atoms with E-state index in [2.05, 4.69) is 5.32 Å². The monoisotopic (exact) mass is 165 g/mol. The van der Waals surface area contributed by atoms with Gasteiger partial charge in [0.1, 0.15) is 5.60 Å². The van der Waals surface area contributed by atoms with Crippen LogP contribution in [0.4, 0.5) is 0 Å². The lowest BCUT2D eigenvalue weighted by Crippen LogP contribution is -2.41. The normalized spacial score (nSPS) is 43.5. The van der Waals surface area contributed by atoms with Gasteiger partial charge in [0.05, 0.1) is 13.2 Å². The lowest BCUT2D eigenvalue weighted by atomic mass is 10.1. The summed E-state index contributed by atoms with van der Waals surface area (Å²) in [5, 5.41) is 12.1. The number of aliphatic hydroxyl groups is 1. The topological polar surface area (TPSA) is 41.5 Å². The van der Waals surface area contributed by atoms with Crippen LogP contribution in [-0.4, -0.2) is 36.5 Å². The Hall–Kier alpha value is 0.170. The number of morpholine rings is 1. The van der Waals surface area contributed by atoms with Crippen LogP contribution in [0.1, 0.15) is 6.42 Å². The van der Waals surface area contributed by atoms with Crippen LogP contribution in [0.5, 0.6) is 0 Å². The number of halogens is 1. The van der Waals surface area contributed by atoms with Gasteiger partial charge in [0, 0.05) is 12.6 Å². The Morgan fingerprint density at radius 2 is 2.50 bits per heavy atom. The molecule has 0 aromatic rings. The van der Waals surface area contributed by atoms with Crippen molar-refractivity contribution in [3.8, 4) is 0 Å². The van der Waals surface area contributed by atoms with E-state index in [4.69, 9.17) is 9.84 Å². The average molecular weight is 166 g/mol. The van der Waals surface area contributed by atoms with Gasteiger partial charge in [-0.2, -0.15) is 0 Å². The summed E-state index contributed by atoms with van der Waals surface area (Å²) in [5.74, 6) is 0. The van der Waals surface area contributed by atoms with Gasteiger partial charge in [-0.05, 0) is 6.42 Å². The maximum atomic E-state index is 8.88. The van der Waals surface area contributed by atoms with Crippen LogP contribution in [0.15, 0.2) is 0 Å². The third-order valence-corrected chi connectivity index (χ3v) is 2.21. The summed E-state index contributed by atoms with van der Waals surface area (Å²) < 4.78 is 5.38. The molecule has 2 atom stereocenters. The molecule has 3 nitrogen and oxygen atoms in total. The van der Waals surface area contributed by atoms with E-state index in [1.54, 1.807) is 0 Å². The number of hydrogen-bond acceptors (Lipinski definition) is 3. The number of hydrogen-bond donors (Lipinski definition) is 2. The summed E-state index contributed by atoms with van der Waals surface area (Å²) in [5.41, 5.74) is -0.204. The molecule has 0 aromatic carbocycles. The molecule has 2 fully saturated rings. The second kappa shape index (κ2) is 2.66. The third-order valence-electron chi connectivity index (χ3n) is 2.21. The van der Waals surface area contributed by atoms with Crippen molar-refractivity contribution in [1.29, 1.82) is 0 Å². The van der Waals surface area contributed by atoms with Crippen LogP contribution in [-0.2, 0) is 4.74 Å². The van der Waals surface area contributed by atoms with Crippen molar-refractivity contribution in [1.82, 2.24) is 5.32 Å². The first-order valence-electron chi connectivity index (χ1n) is 3.33. The first-order chi connectivity index (χ1) is 4.35. The molecule has 2 rings (SSSR count). The fourth-order valence-electron chi connectivity index (χ4n) is 1.60. The largest absolute Gasteiger partial charge is 0.393 e. The lowest BCUT2D eigenvalue weighted by molar-refractivity contribution is -0.0432. The van der Waals surface area contributed by atoms with E-state index in [0.29, 0.717) is 6.04 Å². The van der Waals surface area contributed by atoms with Crippen molar-refractivity contribution in [3.05, 3.63) is 0 Å². The molecule has 4 heteroatoms. The van der Waals surface area contributed by atoms with Gasteiger partial charge in [-0.25, -0.2) is 0 Å². The smallest absolute Gasteiger partial charge is 0.105 e. The highest BCUT2D eigenvalue weighted by atomic mass is 35.5. The van der Waals surface area contributed by atoms with E-state index in [0.717, 1.165) is 19.6 Å². The van der Waals surface area contributed by atoms with Crippen molar-refractivity contribution in [2.24, 2.45) is 0 Å².